The first-order valence-corrected chi connectivity index (χ1v) is 10.2. The molecule has 1 atom stereocenters. The number of amides is 2. The molecule has 1 saturated carbocycles. The van der Waals surface area contributed by atoms with Crippen molar-refractivity contribution >= 4 is 22.6 Å². The lowest BCUT2D eigenvalue weighted by atomic mass is 9.80. The van der Waals surface area contributed by atoms with Crippen LogP contribution >= 0.6 is 0 Å². The quantitative estimate of drug-likeness (QED) is 0.796. The highest BCUT2D eigenvalue weighted by atomic mass is 16.5. The largest absolute Gasteiger partial charge is 0.497 e. The van der Waals surface area contributed by atoms with Gasteiger partial charge in [0.25, 0.3) is 0 Å². The summed E-state index contributed by atoms with van der Waals surface area (Å²) < 4.78 is 5.27. The number of fused-ring (bicyclic) bond motifs is 1. The van der Waals surface area contributed by atoms with Crippen molar-refractivity contribution in [2.24, 2.45) is 0 Å². The highest BCUT2D eigenvalue weighted by Crippen LogP contribution is 2.30. The summed E-state index contributed by atoms with van der Waals surface area (Å²) in [6.45, 7) is 4.37. The Morgan fingerprint density at radius 1 is 1.07 bits per heavy atom. The molecule has 0 saturated heterocycles. The van der Waals surface area contributed by atoms with Crippen LogP contribution in [0.4, 0.5) is 0 Å². The number of hydrogen-bond donors (Lipinski definition) is 2. The normalized spacial score (nSPS) is 17.0. The molecule has 1 aliphatic carbocycles. The van der Waals surface area contributed by atoms with Gasteiger partial charge in [0.2, 0.25) is 11.8 Å². The minimum atomic E-state index is -0.774. The summed E-state index contributed by atoms with van der Waals surface area (Å²) >= 11 is 0. The molecule has 1 aliphatic rings. The molecule has 150 valence electrons. The van der Waals surface area contributed by atoms with Crippen molar-refractivity contribution in [2.75, 3.05) is 13.7 Å². The maximum atomic E-state index is 13.1. The molecule has 2 aromatic carbocycles. The second-order valence-electron chi connectivity index (χ2n) is 7.69. The highest BCUT2D eigenvalue weighted by molar-refractivity contribution is 5.94. The zero-order valence-electron chi connectivity index (χ0n) is 17.0. The number of carbonyl (C=O) groups excluding carboxylic acids is 2. The van der Waals surface area contributed by atoms with Gasteiger partial charge in [-0.2, -0.15) is 0 Å². The van der Waals surface area contributed by atoms with E-state index in [-0.39, 0.29) is 17.7 Å². The fraction of sp³-hybridized carbons (Fsp3) is 0.478. The van der Waals surface area contributed by atoms with Crippen LogP contribution in [0.2, 0.25) is 0 Å². The molecule has 28 heavy (non-hydrogen) atoms. The van der Waals surface area contributed by atoms with E-state index in [1.807, 2.05) is 50.2 Å². The van der Waals surface area contributed by atoms with Crippen LogP contribution in [0.25, 0.3) is 10.8 Å². The van der Waals surface area contributed by atoms with Crippen molar-refractivity contribution in [3.8, 4) is 5.75 Å². The SMILES string of the molecule is CCNC(=O)C1(NC(=O)[C@@H](C)c2ccc3cc(OC)ccc3c2)CCCCC1. The molecule has 0 aliphatic heterocycles. The molecule has 0 radical (unpaired) electrons. The number of likely N-dealkylation sites (N-methyl/N-ethyl adjacent to an activating group) is 1. The predicted molar refractivity (Wildman–Crippen MR) is 112 cm³/mol. The molecule has 5 nitrogen and oxygen atoms in total. The zero-order chi connectivity index (χ0) is 20.1. The molecular weight excluding hydrogens is 352 g/mol. The maximum Gasteiger partial charge on any atom is 0.245 e. The number of nitrogens with one attached hydrogen (secondary N) is 2. The van der Waals surface area contributed by atoms with Crippen LogP contribution < -0.4 is 15.4 Å². The molecule has 1 fully saturated rings. The smallest absolute Gasteiger partial charge is 0.245 e. The van der Waals surface area contributed by atoms with Gasteiger partial charge >= 0.3 is 0 Å². The van der Waals surface area contributed by atoms with Gasteiger partial charge in [0, 0.05) is 6.54 Å². The Kier molecular flexibility index (Phi) is 6.22. The van der Waals surface area contributed by atoms with Crippen LogP contribution in [-0.2, 0) is 9.59 Å². The summed E-state index contributed by atoms with van der Waals surface area (Å²) in [6, 6.07) is 11.9. The summed E-state index contributed by atoms with van der Waals surface area (Å²) in [5.74, 6) is 0.328. The molecule has 2 amide bonds. The van der Waals surface area contributed by atoms with Crippen molar-refractivity contribution in [2.45, 2.75) is 57.4 Å². The Morgan fingerprint density at radius 3 is 2.43 bits per heavy atom. The van der Waals surface area contributed by atoms with Crippen LogP contribution in [0.1, 0.15) is 57.4 Å². The van der Waals surface area contributed by atoms with Crippen molar-refractivity contribution in [1.82, 2.24) is 10.6 Å². The number of rotatable bonds is 6. The van der Waals surface area contributed by atoms with E-state index in [2.05, 4.69) is 10.6 Å². The van der Waals surface area contributed by atoms with Gasteiger partial charge in [0.1, 0.15) is 11.3 Å². The minimum absolute atomic E-state index is 0.0548. The van der Waals surface area contributed by atoms with Gasteiger partial charge in [0.15, 0.2) is 0 Å². The third-order valence-corrected chi connectivity index (χ3v) is 5.81. The Hall–Kier alpha value is -2.56. The van der Waals surface area contributed by atoms with Gasteiger partial charge < -0.3 is 15.4 Å². The summed E-state index contributed by atoms with van der Waals surface area (Å²) in [5.41, 5.74) is 0.168. The van der Waals surface area contributed by atoms with Gasteiger partial charge in [-0.3, -0.25) is 9.59 Å². The summed E-state index contributed by atoms with van der Waals surface area (Å²) in [6.07, 6.45) is 4.44. The standard InChI is InChI=1S/C23H30N2O3/c1-4-24-22(27)23(12-6-5-7-13-23)25-21(26)16(2)17-8-9-19-15-20(28-3)11-10-18(19)14-17/h8-11,14-16H,4-7,12-13H2,1-3H3,(H,24,27)(H,25,26)/t16-/m0/s1. The van der Waals surface area contributed by atoms with E-state index in [0.717, 1.165) is 41.3 Å². The summed E-state index contributed by atoms with van der Waals surface area (Å²) in [7, 11) is 1.65. The van der Waals surface area contributed by atoms with Gasteiger partial charge in [-0.25, -0.2) is 0 Å². The average Bonchev–Trinajstić information content (AvgIpc) is 2.73. The molecule has 0 aromatic heterocycles. The number of benzene rings is 2. The number of carbonyl (C=O) groups is 2. The molecule has 0 heterocycles. The van der Waals surface area contributed by atoms with Crippen LogP contribution in [0.3, 0.4) is 0 Å². The molecule has 5 heteroatoms. The molecule has 2 N–H and O–H groups in total. The third kappa shape index (κ3) is 4.13. The topological polar surface area (TPSA) is 67.4 Å². The van der Waals surface area contributed by atoms with Crippen molar-refractivity contribution in [1.29, 1.82) is 0 Å². The lowest BCUT2D eigenvalue weighted by Crippen LogP contribution is -2.60. The molecule has 0 bridgehead atoms. The second kappa shape index (κ2) is 8.63. The number of ether oxygens (including phenoxy) is 1. The fourth-order valence-corrected chi connectivity index (χ4v) is 4.03. The highest BCUT2D eigenvalue weighted by Gasteiger charge is 2.41. The zero-order valence-corrected chi connectivity index (χ0v) is 17.0. The fourth-order valence-electron chi connectivity index (χ4n) is 4.03. The third-order valence-electron chi connectivity index (χ3n) is 5.81. The Morgan fingerprint density at radius 2 is 1.75 bits per heavy atom. The van der Waals surface area contributed by atoms with Crippen molar-refractivity contribution in [3.63, 3.8) is 0 Å². The van der Waals surface area contributed by atoms with E-state index < -0.39 is 5.54 Å². The van der Waals surface area contributed by atoms with Crippen LogP contribution in [0.5, 0.6) is 5.75 Å². The van der Waals surface area contributed by atoms with Crippen molar-refractivity contribution < 1.29 is 14.3 Å². The Bertz CT molecular complexity index is 856. The maximum absolute atomic E-state index is 13.1. The summed E-state index contributed by atoms with van der Waals surface area (Å²) in [4.78, 5) is 25.8. The number of methoxy groups -OCH3 is 1. The van der Waals surface area contributed by atoms with E-state index in [0.29, 0.717) is 19.4 Å². The lowest BCUT2D eigenvalue weighted by molar-refractivity contribution is -0.135. The first-order chi connectivity index (χ1) is 13.5. The Balaban J connectivity index is 1.80. The van der Waals surface area contributed by atoms with E-state index in [9.17, 15) is 9.59 Å². The van der Waals surface area contributed by atoms with E-state index in [4.69, 9.17) is 4.74 Å². The molecule has 0 spiro atoms. The van der Waals surface area contributed by atoms with Gasteiger partial charge in [-0.1, -0.05) is 43.5 Å². The van der Waals surface area contributed by atoms with E-state index >= 15 is 0 Å². The lowest BCUT2D eigenvalue weighted by Gasteiger charge is -2.37. The van der Waals surface area contributed by atoms with Gasteiger partial charge in [-0.15, -0.1) is 0 Å². The first-order valence-electron chi connectivity index (χ1n) is 10.2. The first kappa shape index (κ1) is 20.2. The molecule has 3 rings (SSSR count). The van der Waals surface area contributed by atoms with E-state index in [1.54, 1.807) is 7.11 Å². The van der Waals surface area contributed by atoms with Gasteiger partial charge in [-0.05, 0) is 55.2 Å². The van der Waals surface area contributed by atoms with E-state index in [1.165, 1.54) is 0 Å². The second-order valence-corrected chi connectivity index (χ2v) is 7.69. The minimum Gasteiger partial charge on any atom is -0.497 e. The predicted octanol–water partition coefficient (Wildman–Crippen LogP) is 3.91. The molecular formula is C23H30N2O3. The average molecular weight is 383 g/mol. The van der Waals surface area contributed by atoms with Gasteiger partial charge in [0.05, 0.1) is 13.0 Å². The number of hydrogen-bond acceptors (Lipinski definition) is 3. The molecule has 2 aromatic rings. The van der Waals surface area contributed by atoms with Crippen LogP contribution in [0.15, 0.2) is 36.4 Å². The Labute approximate surface area is 166 Å². The van der Waals surface area contributed by atoms with Crippen LogP contribution in [-0.4, -0.2) is 31.0 Å². The van der Waals surface area contributed by atoms with Crippen molar-refractivity contribution in [3.05, 3.63) is 42.0 Å². The molecule has 0 unspecified atom stereocenters. The monoisotopic (exact) mass is 382 g/mol. The van der Waals surface area contributed by atoms with Crippen LogP contribution in [0, 0.1) is 0 Å². The summed E-state index contributed by atoms with van der Waals surface area (Å²) in [5, 5.41) is 8.16.